The minimum absolute atomic E-state index is 0.00125. The van der Waals surface area contributed by atoms with E-state index in [1.54, 1.807) is 0 Å². The lowest BCUT2D eigenvalue weighted by atomic mass is 10.1. The molecule has 0 aliphatic carbocycles. The fourth-order valence-corrected chi connectivity index (χ4v) is 1.17. The average molecular weight is 204 g/mol. The summed E-state index contributed by atoms with van der Waals surface area (Å²) in [4.78, 5) is 14.0. The number of hydrogen-bond acceptors (Lipinski definition) is 2. The Kier molecular flexibility index (Phi) is 3.77. The summed E-state index contributed by atoms with van der Waals surface area (Å²) in [5, 5.41) is 0. The van der Waals surface area contributed by atoms with Crippen LogP contribution in [-0.4, -0.2) is 23.6 Å². The Balaban J connectivity index is 2.81. The summed E-state index contributed by atoms with van der Waals surface area (Å²) in [5.41, 5.74) is 10.7. The summed E-state index contributed by atoms with van der Waals surface area (Å²) in [7, 11) is 1.25. The van der Waals surface area contributed by atoms with Crippen molar-refractivity contribution in [3.63, 3.8) is 0 Å². The van der Waals surface area contributed by atoms with E-state index in [1.165, 1.54) is 7.11 Å². The molecule has 0 atom stereocenters. The Morgan fingerprint density at radius 2 is 2.00 bits per heavy atom. The van der Waals surface area contributed by atoms with Gasteiger partial charge in [-0.15, -0.1) is 0 Å². The Bertz CT molecular complexity index is 403. The van der Waals surface area contributed by atoms with Crippen LogP contribution >= 0.6 is 0 Å². The van der Waals surface area contributed by atoms with E-state index >= 15 is 0 Å². The third-order valence-corrected chi connectivity index (χ3v) is 2.03. The second kappa shape index (κ2) is 5.08. The van der Waals surface area contributed by atoms with Crippen LogP contribution in [0.3, 0.4) is 0 Å². The van der Waals surface area contributed by atoms with Crippen molar-refractivity contribution in [3.8, 4) is 0 Å². The second-order valence-corrected chi connectivity index (χ2v) is 3.20. The molecule has 0 amide bonds. The van der Waals surface area contributed by atoms with Crippen molar-refractivity contribution in [1.82, 2.24) is 0 Å². The maximum absolute atomic E-state index is 11.1. The summed E-state index contributed by atoms with van der Waals surface area (Å²) in [6.45, 7) is 1.98. The molecule has 0 N–H and O–H groups in total. The Morgan fingerprint density at radius 1 is 1.40 bits per heavy atom. The first-order chi connectivity index (χ1) is 7.17. The maximum Gasteiger partial charge on any atom is 0.416 e. The lowest BCUT2D eigenvalue weighted by Crippen LogP contribution is -2.19. The molecule has 0 spiro atoms. The van der Waals surface area contributed by atoms with Crippen LogP contribution in [0.5, 0.6) is 0 Å². The topological polar surface area (TPSA) is 62.7 Å². The van der Waals surface area contributed by atoms with Crippen LogP contribution in [0.15, 0.2) is 24.3 Å². The van der Waals surface area contributed by atoms with Gasteiger partial charge in [-0.3, -0.25) is 0 Å². The number of aryl methyl sites for hydroxylation is 1. The maximum atomic E-state index is 11.1. The minimum Gasteiger partial charge on any atom is -0.460 e. The Hall–Kier alpha value is -1.93. The number of benzene rings is 1. The molecule has 0 bridgehead atoms. The highest BCUT2D eigenvalue weighted by atomic mass is 16.5. The van der Waals surface area contributed by atoms with E-state index in [2.05, 4.69) is 9.53 Å². The minimum atomic E-state index is -0.613. The molecule has 4 nitrogen and oxygen atoms in total. The number of carbonyl (C=O) groups is 1. The van der Waals surface area contributed by atoms with Gasteiger partial charge in [0.15, 0.2) is 0 Å². The van der Waals surface area contributed by atoms with Gasteiger partial charge in [-0.2, -0.15) is 4.79 Å². The van der Waals surface area contributed by atoms with Gasteiger partial charge in [0.05, 0.1) is 13.5 Å². The summed E-state index contributed by atoms with van der Waals surface area (Å²) in [5.74, 6) is -0.613. The zero-order valence-electron chi connectivity index (χ0n) is 8.73. The van der Waals surface area contributed by atoms with Crippen molar-refractivity contribution >= 4 is 11.7 Å². The van der Waals surface area contributed by atoms with Crippen molar-refractivity contribution in [3.05, 3.63) is 40.9 Å². The van der Waals surface area contributed by atoms with Crippen molar-refractivity contribution in [2.45, 2.75) is 13.3 Å². The fraction of sp³-hybridized carbons (Fsp3) is 0.273. The summed E-state index contributed by atoms with van der Waals surface area (Å²) >= 11 is 0. The predicted octanol–water partition coefficient (Wildman–Crippen LogP) is 1.38. The van der Waals surface area contributed by atoms with Crippen LogP contribution in [0.4, 0.5) is 0 Å². The van der Waals surface area contributed by atoms with Gasteiger partial charge in [0.1, 0.15) is 0 Å². The number of nitrogens with zero attached hydrogens (tertiary/aromatic N) is 2. The second-order valence-electron chi connectivity index (χ2n) is 3.20. The van der Waals surface area contributed by atoms with Gasteiger partial charge in [-0.05, 0) is 12.5 Å². The monoisotopic (exact) mass is 204 g/mol. The number of esters is 1. The standard InChI is InChI=1S/C11H12N2O2/c1-8-3-5-9(6-4-8)7-10(13-12)11(14)15-2/h3-6H,7H2,1-2H3. The molecule has 0 saturated carbocycles. The van der Waals surface area contributed by atoms with Crippen molar-refractivity contribution in [2.24, 2.45) is 0 Å². The molecular weight excluding hydrogens is 192 g/mol. The molecule has 1 aromatic rings. The molecule has 4 heteroatoms. The largest absolute Gasteiger partial charge is 0.460 e. The van der Waals surface area contributed by atoms with Crippen LogP contribution in [-0.2, 0) is 16.0 Å². The van der Waals surface area contributed by atoms with Gasteiger partial charge in [0, 0.05) is 0 Å². The number of ether oxygens (including phenoxy) is 1. The predicted molar refractivity (Wildman–Crippen MR) is 55.5 cm³/mol. The number of methoxy groups -OCH3 is 1. The van der Waals surface area contributed by atoms with Gasteiger partial charge in [0.25, 0.3) is 0 Å². The molecule has 0 radical (unpaired) electrons. The molecule has 0 saturated heterocycles. The molecule has 1 rings (SSSR count). The number of carbonyl (C=O) groups excluding carboxylic acids is 1. The average Bonchev–Trinajstić information content (AvgIpc) is 2.27. The summed E-state index contributed by atoms with van der Waals surface area (Å²) < 4.78 is 4.47. The smallest absolute Gasteiger partial charge is 0.416 e. The van der Waals surface area contributed by atoms with Crippen LogP contribution in [0.25, 0.3) is 5.53 Å². The zero-order valence-corrected chi connectivity index (χ0v) is 8.73. The van der Waals surface area contributed by atoms with Gasteiger partial charge >= 0.3 is 11.7 Å². The molecule has 1 aromatic carbocycles. The van der Waals surface area contributed by atoms with Crippen LogP contribution in [0.1, 0.15) is 11.1 Å². The molecule has 0 heterocycles. The number of hydrogen-bond donors (Lipinski definition) is 0. The molecule has 0 unspecified atom stereocenters. The molecule has 0 aliphatic rings. The highest BCUT2D eigenvalue weighted by molar-refractivity contribution is 6.34. The van der Waals surface area contributed by atoms with Crippen LogP contribution in [0, 0.1) is 6.92 Å². The van der Waals surface area contributed by atoms with Gasteiger partial charge in [-0.1, -0.05) is 29.8 Å². The lowest BCUT2D eigenvalue weighted by molar-refractivity contribution is -0.137. The first-order valence-electron chi connectivity index (χ1n) is 4.52. The SMILES string of the molecule is COC(=O)C(Cc1ccc(C)cc1)=[N+]=[N-]. The quantitative estimate of drug-likeness (QED) is 0.323. The van der Waals surface area contributed by atoms with Crippen molar-refractivity contribution < 1.29 is 14.3 Å². The molecule has 15 heavy (non-hydrogen) atoms. The van der Waals surface area contributed by atoms with Gasteiger partial charge in [0.2, 0.25) is 0 Å². The third-order valence-electron chi connectivity index (χ3n) is 2.03. The van der Waals surface area contributed by atoms with Crippen LogP contribution < -0.4 is 0 Å². The highest BCUT2D eigenvalue weighted by Gasteiger charge is 2.20. The normalized spacial score (nSPS) is 9.20. The highest BCUT2D eigenvalue weighted by Crippen LogP contribution is 2.04. The number of rotatable bonds is 3. The molecule has 0 fully saturated rings. The zero-order chi connectivity index (χ0) is 11.3. The van der Waals surface area contributed by atoms with E-state index in [0.29, 0.717) is 0 Å². The van der Waals surface area contributed by atoms with Gasteiger partial charge < -0.3 is 10.3 Å². The summed E-state index contributed by atoms with van der Waals surface area (Å²) in [6.07, 6.45) is 0.267. The van der Waals surface area contributed by atoms with E-state index in [0.717, 1.165) is 11.1 Å². The van der Waals surface area contributed by atoms with E-state index in [9.17, 15) is 4.79 Å². The fourth-order valence-electron chi connectivity index (χ4n) is 1.17. The Labute approximate surface area is 88.1 Å². The van der Waals surface area contributed by atoms with Crippen molar-refractivity contribution in [1.29, 1.82) is 0 Å². The van der Waals surface area contributed by atoms with E-state index in [1.807, 2.05) is 31.2 Å². The van der Waals surface area contributed by atoms with E-state index in [-0.39, 0.29) is 12.1 Å². The van der Waals surface area contributed by atoms with E-state index < -0.39 is 5.97 Å². The Morgan fingerprint density at radius 3 is 2.47 bits per heavy atom. The van der Waals surface area contributed by atoms with E-state index in [4.69, 9.17) is 5.53 Å². The summed E-state index contributed by atoms with van der Waals surface area (Å²) in [6, 6.07) is 7.62. The van der Waals surface area contributed by atoms with Crippen LogP contribution in [0.2, 0.25) is 0 Å². The van der Waals surface area contributed by atoms with Gasteiger partial charge in [-0.25, -0.2) is 4.79 Å². The van der Waals surface area contributed by atoms with Crippen molar-refractivity contribution in [2.75, 3.05) is 7.11 Å². The molecule has 0 aromatic heterocycles. The molecule has 78 valence electrons. The third kappa shape index (κ3) is 3.04. The first-order valence-corrected chi connectivity index (χ1v) is 4.52. The molecular formula is C11H12N2O2. The molecule has 0 aliphatic heterocycles. The lowest BCUT2D eigenvalue weighted by Gasteiger charge is -1.97. The first kappa shape index (κ1) is 11.1.